The van der Waals surface area contributed by atoms with E-state index in [2.05, 4.69) is 9.71 Å². The number of ether oxygens (including phenoxy) is 1. The van der Waals surface area contributed by atoms with Crippen molar-refractivity contribution in [3.8, 4) is 0 Å². The number of fused-ring (bicyclic) bond motifs is 2. The van der Waals surface area contributed by atoms with Gasteiger partial charge >= 0.3 is 13.7 Å². The van der Waals surface area contributed by atoms with Crippen molar-refractivity contribution >= 4 is 45.4 Å². The minimum atomic E-state index is -4.36. The number of esters is 1. The van der Waals surface area contributed by atoms with Crippen LogP contribution >= 0.6 is 0 Å². The number of carbonyl (C=O) groups excluding carboxylic acids is 1. The lowest BCUT2D eigenvalue weighted by Gasteiger charge is -2.29. The summed E-state index contributed by atoms with van der Waals surface area (Å²) < 4.78 is 46.3. The zero-order valence-electron chi connectivity index (χ0n) is 26.6. The first-order valence-electron chi connectivity index (χ1n) is 15.4. The average Bonchev–Trinajstić information content (AvgIpc) is 3.07. The van der Waals surface area contributed by atoms with Crippen LogP contribution in [0.3, 0.4) is 0 Å². The fourth-order valence-electron chi connectivity index (χ4n) is 5.14. The third-order valence-corrected chi connectivity index (χ3v) is 9.14. The Morgan fingerprint density at radius 1 is 0.938 bits per heavy atom. The molecule has 0 aliphatic carbocycles. The number of aromatic nitrogens is 1. The first-order chi connectivity index (χ1) is 22.9. The van der Waals surface area contributed by atoms with Gasteiger partial charge in [-0.3, -0.25) is 9.78 Å². The Balaban J connectivity index is 1.61. The number of para-hydroxylation sites is 1. The Morgan fingerprint density at radius 3 is 2.38 bits per heavy atom. The number of aliphatic hydroxyl groups excluding tert-OH is 4. The van der Waals surface area contributed by atoms with Gasteiger partial charge in [0.1, 0.15) is 42.0 Å². The second kappa shape index (κ2) is 17.2. The largest absolute Gasteiger partial charge is 0.489 e. The quantitative estimate of drug-likeness (QED) is 0.0496. The Hall–Kier alpha value is -3.51. The summed E-state index contributed by atoms with van der Waals surface area (Å²) in [5.74, 6) is -0.820. The van der Waals surface area contributed by atoms with Crippen molar-refractivity contribution in [2.24, 2.45) is 11.7 Å². The molecular formula is C33H41BN3O10S. The molecule has 0 saturated heterocycles. The molecule has 13 nitrogen and oxygen atoms in total. The Kier molecular flexibility index (Phi) is 13.4. The number of hydrogen-bond acceptors (Lipinski definition) is 12. The smallest absolute Gasteiger partial charge is 0.462 e. The van der Waals surface area contributed by atoms with Crippen LogP contribution in [0.4, 0.5) is 0 Å². The van der Waals surface area contributed by atoms with Crippen molar-refractivity contribution in [1.82, 2.24) is 9.71 Å². The number of pyridine rings is 1. The second-order valence-electron chi connectivity index (χ2n) is 11.8. The van der Waals surface area contributed by atoms with E-state index in [0.29, 0.717) is 17.4 Å². The predicted octanol–water partition coefficient (Wildman–Crippen LogP) is 1.16. The van der Waals surface area contributed by atoms with Gasteiger partial charge in [-0.1, -0.05) is 74.5 Å². The fourth-order valence-corrected chi connectivity index (χ4v) is 6.50. The lowest BCUT2D eigenvalue weighted by molar-refractivity contribution is -0.156. The van der Waals surface area contributed by atoms with Crippen molar-refractivity contribution in [3.05, 3.63) is 84.6 Å². The molecule has 0 unspecified atom stereocenters. The zero-order valence-corrected chi connectivity index (χ0v) is 27.4. The monoisotopic (exact) mass is 682 g/mol. The summed E-state index contributed by atoms with van der Waals surface area (Å²) in [6, 6.07) is 19.5. The number of carbonyl (C=O) groups is 1. The van der Waals surface area contributed by atoms with E-state index in [1.807, 2.05) is 44.2 Å². The summed E-state index contributed by atoms with van der Waals surface area (Å²) in [6.07, 6.45) is -5.99. The standard InChI is InChI=1S/C33H41BN3O10S/c1-20(2)16-29(35)47-34-46-27(32(41)31(40)26(39)18-38)19-45-33(42)25(17-23-11-5-9-21-8-3-4-13-24(21)23)37-48(43,44)28-14-6-10-22-12-7-15-36-30(22)28/h3-15,20,25-27,29,31-32,37-41H,16-19,35H2,1-2H3/t25-,26+,27+,29+,31+,32+/m0/s1. The molecule has 257 valence electrons. The number of nitrogens with zero attached hydrogens (tertiary/aromatic N) is 1. The third kappa shape index (κ3) is 9.78. The van der Waals surface area contributed by atoms with E-state index in [4.69, 9.17) is 19.8 Å². The van der Waals surface area contributed by atoms with Crippen molar-refractivity contribution in [2.75, 3.05) is 13.2 Å². The van der Waals surface area contributed by atoms with Crippen LogP contribution in [0.1, 0.15) is 25.8 Å². The van der Waals surface area contributed by atoms with Gasteiger partial charge in [0.15, 0.2) is 0 Å². The molecule has 6 atom stereocenters. The van der Waals surface area contributed by atoms with Gasteiger partial charge < -0.3 is 40.2 Å². The van der Waals surface area contributed by atoms with E-state index < -0.39 is 65.9 Å². The fraction of sp³-hybridized carbons (Fsp3) is 0.394. The lowest BCUT2D eigenvalue weighted by Crippen LogP contribution is -2.50. The van der Waals surface area contributed by atoms with Crippen LogP contribution in [0.2, 0.25) is 0 Å². The van der Waals surface area contributed by atoms with E-state index in [1.165, 1.54) is 12.3 Å². The van der Waals surface area contributed by atoms with Crippen LogP contribution in [0.25, 0.3) is 21.7 Å². The van der Waals surface area contributed by atoms with Gasteiger partial charge in [-0.15, -0.1) is 0 Å². The van der Waals surface area contributed by atoms with E-state index in [-0.39, 0.29) is 22.8 Å². The Morgan fingerprint density at radius 2 is 1.62 bits per heavy atom. The number of aliphatic hydroxyl groups is 4. The Labute approximate surface area is 280 Å². The molecule has 15 heteroatoms. The molecule has 1 radical (unpaired) electrons. The normalized spacial score (nSPS) is 15.9. The van der Waals surface area contributed by atoms with Gasteiger partial charge in [-0.25, -0.2) is 8.42 Å². The molecule has 4 rings (SSSR count). The van der Waals surface area contributed by atoms with E-state index in [9.17, 15) is 33.6 Å². The molecule has 0 spiro atoms. The van der Waals surface area contributed by atoms with Gasteiger partial charge in [0.05, 0.1) is 18.4 Å². The van der Waals surface area contributed by atoms with Crippen molar-refractivity contribution in [3.63, 3.8) is 0 Å². The highest BCUT2D eigenvalue weighted by Crippen LogP contribution is 2.24. The SMILES string of the molecule is CC(C)C[C@H](N)O[B]O[C@H](COC(=O)[C@H](Cc1cccc2ccccc12)NS(=O)(=O)c1cccc2cccnc12)[C@@H](O)[C@H](O)[C@H](O)CO. The molecule has 1 aromatic heterocycles. The molecular weight excluding hydrogens is 641 g/mol. The number of rotatable bonds is 18. The second-order valence-corrected chi connectivity index (χ2v) is 13.5. The van der Waals surface area contributed by atoms with Gasteiger partial charge in [0, 0.05) is 18.0 Å². The van der Waals surface area contributed by atoms with Crippen molar-refractivity contribution in [2.45, 2.75) is 68.3 Å². The molecule has 0 saturated carbocycles. The van der Waals surface area contributed by atoms with Crippen molar-refractivity contribution < 1.29 is 47.7 Å². The molecule has 0 fully saturated rings. The van der Waals surface area contributed by atoms with Crippen molar-refractivity contribution in [1.29, 1.82) is 0 Å². The third-order valence-electron chi connectivity index (χ3n) is 7.64. The summed E-state index contributed by atoms with van der Waals surface area (Å²) in [7, 11) is -3.53. The molecule has 3 aromatic carbocycles. The average molecular weight is 683 g/mol. The minimum Gasteiger partial charge on any atom is -0.462 e. The van der Waals surface area contributed by atoms with Gasteiger partial charge in [-0.2, -0.15) is 4.72 Å². The number of hydrogen-bond donors (Lipinski definition) is 6. The van der Waals surface area contributed by atoms with E-state index in [0.717, 1.165) is 18.5 Å². The molecule has 7 N–H and O–H groups in total. The highest BCUT2D eigenvalue weighted by Gasteiger charge is 2.35. The van der Waals surface area contributed by atoms with Crippen LogP contribution in [0, 0.1) is 5.92 Å². The first kappa shape index (κ1) is 37.3. The maximum atomic E-state index is 13.8. The number of sulfonamides is 1. The molecule has 0 aliphatic rings. The summed E-state index contributed by atoms with van der Waals surface area (Å²) in [5, 5.41) is 42.6. The predicted molar refractivity (Wildman–Crippen MR) is 179 cm³/mol. The van der Waals surface area contributed by atoms with Crippen LogP contribution in [-0.4, -0.2) is 97.4 Å². The van der Waals surface area contributed by atoms with E-state index >= 15 is 0 Å². The van der Waals surface area contributed by atoms with E-state index in [1.54, 1.807) is 36.4 Å². The maximum Gasteiger partial charge on any atom is 0.489 e. The summed E-state index contributed by atoms with van der Waals surface area (Å²) in [4.78, 5) is 17.8. The van der Waals surface area contributed by atoms with Crippen LogP contribution in [0.5, 0.6) is 0 Å². The summed E-state index contributed by atoms with van der Waals surface area (Å²) >= 11 is 0. The summed E-state index contributed by atoms with van der Waals surface area (Å²) in [6.45, 7) is 2.28. The van der Waals surface area contributed by atoms with Crippen LogP contribution in [0.15, 0.2) is 83.9 Å². The van der Waals surface area contributed by atoms with Gasteiger partial charge in [-0.05, 0) is 40.8 Å². The molecule has 1 heterocycles. The summed E-state index contributed by atoms with van der Waals surface area (Å²) in [5.41, 5.74) is 6.78. The maximum absolute atomic E-state index is 13.8. The zero-order chi connectivity index (χ0) is 34.8. The number of nitrogens with one attached hydrogen (secondary N) is 1. The van der Waals surface area contributed by atoms with Crippen LogP contribution in [-0.2, 0) is 35.3 Å². The topological polar surface area (TPSA) is 211 Å². The van der Waals surface area contributed by atoms with Gasteiger partial charge in [0.2, 0.25) is 10.0 Å². The Bertz CT molecular complexity index is 1750. The molecule has 0 bridgehead atoms. The van der Waals surface area contributed by atoms with Gasteiger partial charge in [0.25, 0.3) is 0 Å². The molecule has 4 aromatic rings. The van der Waals surface area contributed by atoms with Crippen LogP contribution < -0.4 is 10.5 Å². The highest BCUT2D eigenvalue weighted by atomic mass is 32.2. The number of nitrogens with two attached hydrogens (primary N) is 1. The molecule has 48 heavy (non-hydrogen) atoms. The minimum absolute atomic E-state index is 0.114. The number of benzene rings is 3. The lowest BCUT2D eigenvalue weighted by atomic mass is 9.99. The highest BCUT2D eigenvalue weighted by molar-refractivity contribution is 7.89. The molecule has 0 amide bonds. The first-order valence-corrected chi connectivity index (χ1v) is 16.9. The molecule has 0 aliphatic heterocycles.